The Morgan fingerprint density at radius 1 is 1.56 bits per heavy atom. The van der Waals surface area contributed by atoms with Gasteiger partial charge in [0.25, 0.3) is 0 Å². The third-order valence-electron chi connectivity index (χ3n) is 2.46. The van der Waals surface area contributed by atoms with E-state index >= 15 is 0 Å². The molecule has 1 rings (SSSR count). The monoisotopic (exact) mass is 224 g/mol. The maximum absolute atomic E-state index is 11.4. The molecule has 0 fully saturated rings. The summed E-state index contributed by atoms with van der Waals surface area (Å²) in [5.74, 6) is 0.975. The van der Waals surface area contributed by atoms with Gasteiger partial charge in [0, 0.05) is 13.0 Å². The van der Waals surface area contributed by atoms with Gasteiger partial charge in [-0.3, -0.25) is 9.69 Å². The molecule has 1 unspecified atom stereocenters. The molecule has 4 nitrogen and oxygen atoms in total. The standard InChI is InChI=1S/C12H20N2O2/c1-4-6-12(15)13-9-10(14(2)3)11-7-5-8-16-11/h5,7-8,10H,4,6,9H2,1-3H3,(H,13,15). The van der Waals surface area contributed by atoms with Gasteiger partial charge in [0.1, 0.15) is 5.76 Å². The predicted octanol–water partition coefficient (Wildman–Crippen LogP) is 1.80. The molecule has 16 heavy (non-hydrogen) atoms. The molecule has 1 aromatic heterocycles. The molecule has 1 amide bonds. The van der Waals surface area contributed by atoms with Crippen LogP contribution >= 0.6 is 0 Å². The number of furan rings is 1. The molecule has 0 aromatic carbocycles. The molecule has 0 saturated carbocycles. The van der Waals surface area contributed by atoms with Crippen molar-refractivity contribution in [1.29, 1.82) is 0 Å². The zero-order valence-corrected chi connectivity index (χ0v) is 10.2. The summed E-state index contributed by atoms with van der Waals surface area (Å²) < 4.78 is 5.36. The largest absolute Gasteiger partial charge is 0.468 e. The number of amides is 1. The van der Waals surface area contributed by atoms with Gasteiger partial charge >= 0.3 is 0 Å². The van der Waals surface area contributed by atoms with Crippen molar-refractivity contribution in [2.45, 2.75) is 25.8 Å². The summed E-state index contributed by atoms with van der Waals surface area (Å²) >= 11 is 0. The molecule has 4 heteroatoms. The summed E-state index contributed by atoms with van der Waals surface area (Å²) in [6, 6.07) is 3.88. The number of carbonyl (C=O) groups excluding carboxylic acids is 1. The Kier molecular flexibility index (Phi) is 5.05. The third kappa shape index (κ3) is 3.70. The minimum Gasteiger partial charge on any atom is -0.468 e. The minimum absolute atomic E-state index is 0.0933. The van der Waals surface area contributed by atoms with E-state index in [-0.39, 0.29) is 11.9 Å². The highest BCUT2D eigenvalue weighted by atomic mass is 16.3. The van der Waals surface area contributed by atoms with Gasteiger partial charge in [0.15, 0.2) is 0 Å². The molecule has 0 saturated heterocycles. The maximum atomic E-state index is 11.4. The molecule has 1 atom stereocenters. The molecule has 0 aliphatic carbocycles. The van der Waals surface area contributed by atoms with Gasteiger partial charge in [0.2, 0.25) is 5.91 Å². The van der Waals surface area contributed by atoms with Gasteiger partial charge in [-0.15, -0.1) is 0 Å². The number of likely N-dealkylation sites (N-methyl/N-ethyl adjacent to an activating group) is 1. The van der Waals surface area contributed by atoms with Crippen LogP contribution in [0.5, 0.6) is 0 Å². The topological polar surface area (TPSA) is 45.5 Å². The van der Waals surface area contributed by atoms with Crippen molar-refractivity contribution in [3.8, 4) is 0 Å². The second-order valence-electron chi connectivity index (χ2n) is 4.05. The van der Waals surface area contributed by atoms with E-state index in [9.17, 15) is 4.79 Å². The zero-order valence-electron chi connectivity index (χ0n) is 10.2. The van der Waals surface area contributed by atoms with Crippen LogP contribution in [-0.2, 0) is 4.79 Å². The average molecular weight is 224 g/mol. The van der Waals surface area contributed by atoms with Crippen molar-refractivity contribution in [1.82, 2.24) is 10.2 Å². The number of carbonyl (C=O) groups is 1. The molecule has 90 valence electrons. The minimum atomic E-state index is 0.0933. The summed E-state index contributed by atoms with van der Waals surface area (Å²) in [4.78, 5) is 13.4. The van der Waals surface area contributed by atoms with Gasteiger partial charge in [0.05, 0.1) is 12.3 Å². The molecule has 1 N–H and O–H groups in total. The van der Waals surface area contributed by atoms with Crippen molar-refractivity contribution >= 4 is 5.91 Å². The molecule has 1 aromatic rings. The summed E-state index contributed by atoms with van der Waals surface area (Å²) in [7, 11) is 3.94. The Balaban J connectivity index is 2.50. The molecule has 1 heterocycles. The van der Waals surface area contributed by atoms with Crippen molar-refractivity contribution in [3.05, 3.63) is 24.2 Å². The number of hydrogen-bond donors (Lipinski definition) is 1. The van der Waals surface area contributed by atoms with E-state index in [0.717, 1.165) is 12.2 Å². The summed E-state index contributed by atoms with van der Waals surface area (Å²) in [5, 5.41) is 2.91. The normalized spacial score (nSPS) is 12.8. The lowest BCUT2D eigenvalue weighted by Gasteiger charge is -2.22. The van der Waals surface area contributed by atoms with Gasteiger partial charge in [-0.25, -0.2) is 0 Å². The third-order valence-corrected chi connectivity index (χ3v) is 2.46. The first-order chi connectivity index (χ1) is 7.65. The van der Waals surface area contributed by atoms with Gasteiger partial charge in [-0.05, 0) is 32.6 Å². The van der Waals surface area contributed by atoms with Crippen LogP contribution in [0.2, 0.25) is 0 Å². The number of nitrogens with zero attached hydrogens (tertiary/aromatic N) is 1. The van der Waals surface area contributed by atoms with E-state index in [4.69, 9.17) is 4.42 Å². The molecular formula is C12H20N2O2. The van der Waals surface area contributed by atoms with Crippen LogP contribution in [0.15, 0.2) is 22.8 Å². The molecule has 0 radical (unpaired) electrons. The average Bonchev–Trinajstić information content (AvgIpc) is 2.71. The van der Waals surface area contributed by atoms with Crippen molar-refractivity contribution in [2.75, 3.05) is 20.6 Å². The maximum Gasteiger partial charge on any atom is 0.220 e. The fraction of sp³-hybridized carbons (Fsp3) is 0.583. The van der Waals surface area contributed by atoms with E-state index in [1.54, 1.807) is 6.26 Å². The quantitative estimate of drug-likeness (QED) is 0.801. The number of nitrogens with one attached hydrogen (secondary N) is 1. The van der Waals surface area contributed by atoms with Gasteiger partial charge in [-0.2, -0.15) is 0 Å². The molecule has 0 aliphatic rings. The van der Waals surface area contributed by atoms with E-state index in [2.05, 4.69) is 5.32 Å². The highest BCUT2D eigenvalue weighted by Crippen LogP contribution is 2.17. The Bertz CT molecular complexity index is 307. The van der Waals surface area contributed by atoms with Gasteiger partial charge < -0.3 is 9.73 Å². The fourth-order valence-electron chi connectivity index (χ4n) is 1.54. The second kappa shape index (κ2) is 6.33. The summed E-state index contributed by atoms with van der Waals surface area (Å²) in [6.45, 7) is 2.58. The van der Waals surface area contributed by atoms with Crippen LogP contribution in [0.1, 0.15) is 31.6 Å². The Morgan fingerprint density at radius 3 is 2.81 bits per heavy atom. The van der Waals surface area contributed by atoms with Crippen LogP contribution in [0, 0.1) is 0 Å². The lowest BCUT2D eigenvalue weighted by molar-refractivity contribution is -0.121. The molecule has 0 spiro atoms. The predicted molar refractivity (Wildman–Crippen MR) is 63.1 cm³/mol. The molecule has 0 aliphatic heterocycles. The smallest absolute Gasteiger partial charge is 0.220 e. The van der Waals surface area contributed by atoms with E-state index < -0.39 is 0 Å². The van der Waals surface area contributed by atoms with E-state index in [0.29, 0.717) is 13.0 Å². The van der Waals surface area contributed by atoms with E-state index in [1.807, 2.05) is 38.1 Å². The summed E-state index contributed by atoms with van der Waals surface area (Å²) in [6.07, 6.45) is 3.11. The lowest BCUT2D eigenvalue weighted by Crippen LogP contribution is -2.34. The van der Waals surface area contributed by atoms with Crippen LogP contribution in [-0.4, -0.2) is 31.4 Å². The van der Waals surface area contributed by atoms with E-state index in [1.165, 1.54) is 0 Å². The van der Waals surface area contributed by atoms with Crippen LogP contribution in [0.25, 0.3) is 0 Å². The number of rotatable bonds is 6. The Labute approximate surface area is 96.6 Å². The Hall–Kier alpha value is -1.29. The first-order valence-corrected chi connectivity index (χ1v) is 5.61. The van der Waals surface area contributed by atoms with Gasteiger partial charge in [-0.1, -0.05) is 6.92 Å². The number of hydrogen-bond acceptors (Lipinski definition) is 3. The first kappa shape index (κ1) is 12.8. The molecule has 0 bridgehead atoms. The highest BCUT2D eigenvalue weighted by Gasteiger charge is 2.17. The fourth-order valence-corrected chi connectivity index (χ4v) is 1.54. The summed E-state index contributed by atoms with van der Waals surface area (Å²) in [5.41, 5.74) is 0. The van der Waals surface area contributed by atoms with Crippen LogP contribution < -0.4 is 5.32 Å². The Morgan fingerprint density at radius 2 is 2.31 bits per heavy atom. The molecular weight excluding hydrogens is 204 g/mol. The SMILES string of the molecule is CCCC(=O)NCC(c1ccco1)N(C)C. The first-order valence-electron chi connectivity index (χ1n) is 5.61. The van der Waals surface area contributed by atoms with Crippen LogP contribution in [0.3, 0.4) is 0 Å². The van der Waals surface area contributed by atoms with Crippen molar-refractivity contribution in [2.24, 2.45) is 0 Å². The highest BCUT2D eigenvalue weighted by molar-refractivity contribution is 5.75. The lowest BCUT2D eigenvalue weighted by atomic mass is 10.2. The van der Waals surface area contributed by atoms with Crippen LogP contribution in [0.4, 0.5) is 0 Å². The van der Waals surface area contributed by atoms with Crippen molar-refractivity contribution < 1.29 is 9.21 Å². The second-order valence-corrected chi connectivity index (χ2v) is 4.05. The van der Waals surface area contributed by atoms with Crippen molar-refractivity contribution in [3.63, 3.8) is 0 Å². The zero-order chi connectivity index (χ0) is 12.0.